The summed E-state index contributed by atoms with van der Waals surface area (Å²) in [4.78, 5) is 1.27. The Kier molecular flexibility index (Phi) is 3.00. The summed E-state index contributed by atoms with van der Waals surface area (Å²) in [6.07, 6.45) is 0.978. The Bertz CT molecular complexity index is 678. The van der Waals surface area contributed by atoms with Crippen molar-refractivity contribution in [1.82, 2.24) is 5.01 Å². The van der Waals surface area contributed by atoms with E-state index in [-0.39, 0.29) is 6.23 Å². The minimum atomic E-state index is 0.0161. The van der Waals surface area contributed by atoms with Crippen molar-refractivity contribution in [2.24, 2.45) is 11.0 Å². The van der Waals surface area contributed by atoms with Gasteiger partial charge in [-0.3, -0.25) is 0 Å². The number of hydrogen-bond donors (Lipinski definition) is 0. The number of hydrazone groups is 1. The highest BCUT2D eigenvalue weighted by Gasteiger charge is 2.41. The summed E-state index contributed by atoms with van der Waals surface area (Å²) in [6.45, 7) is 4.38. The second kappa shape index (κ2) is 4.88. The topological polar surface area (TPSA) is 24.8 Å². The smallest absolute Gasteiger partial charge is 0.190 e. The van der Waals surface area contributed by atoms with Crippen LogP contribution < -0.4 is 4.74 Å². The van der Waals surface area contributed by atoms with Gasteiger partial charge in [0.1, 0.15) is 5.75 Å². The van der Waals surface area contributed by atoms with Gasteiger partial charge in [-0.2, -0.15) is 5.10 Å². The second-order valence-corrected chi connectivity index (χ2v) is 6.86. The first-order chi connectivity index (χ1) is 10.2. The number of nitrogens with zero attached hydrogens (tertiary/aromatic N) is 2. The van der Waals surface area contributed by atoms with Crippen molar-refractivity contribution in [1.29, 1.82) is 0 Å². The zero-order chi connectivity index (χ0) is 14.4. The average molecular weight is 298 g/mol. The van der Waals surface area contributed by atoms with Crippen LogP contribution in [0.4, 0.5) is 0 Å². The molecule has 0 bridgehead atoms. The van der Waals surface area contributed by atoms with E-state index in [0.29, 0.717) is 12.0 Å². The van der Waals surface area contributed by atoms with Gasteiger partial charge in [0.05, 0.1) is 16.6 Å². The average Bonchev–Trinajstić information content (AvgIpc) is 3.15. The first kappa shape index (κ1) is 12.9. The van der Waals surface area contributed by atoms with Crippen molar-refractivity contribution in [2.45, 2.75) is 32.5 Å². The van der Waals surface area contributed by atoms with Crippen LogP contribution in [0.1, 0.15) is 36.8 Å². The molecule has 0 amide bonds. The maximum absolute atomic E-state index is 6.20. The van der Waals surface area contributed by atoms with E-state index in [2.05, 4.69) is 54.6 Å². The Labute approximate surface area is 128 Å². The fraction of sp³-hybridized carbons (Fsp3) is 0.353. The van der Waals surface area contributed by atoms with Crippen molar-refractivity contribution < 1.29 is 4.74 Å². The van der Waals surface area contributed by atoms with Crippen LogP contribution >= 0.6 is 11.3 Å². The molecule has 0 fully saturated rings. The molecule has 0 saturated carbocycles. The first-order valence-electron chi connectivity index (χ1n) is 7.39. The third kappa shape index (κ3) is 2.05. The van der Waals surface area contributed by atoms with Crippen LogP contribution in [0.5, 0.6) is 5.75 Å². The number of fused-ring (bicyclic) bond motifs is 3. The summed E-state index contributed by atoms with van der Waals surface area (Å²) in [6, 6.07) is 12.9. The quantitative estimate of drug-likeness (QED) is 0.827. The lowest BCUT2D eigenvalue weighted by atomic mass is 9.97. The van der Waals surface area contributed by atoms with Crippen molar-refractivity contribution in [3.63, 3.8) is 0 Å². The van der Waals surface area contributed by atoms with E-state index >= 15 is 0 Å². The van der Waals surface area contributed by atoms with Crippen molar-refractivity contribution in [3.8, 4) is 5.75 Å². The molecule has 0 spiro atoms. The van der Waals surface area contributed by atoms with Gasteiger partial charge in [-0.25, -0.2) is 5.01 Å². The van der Waals surface area contributed by atoms with Gasteiger partial charge in [0.25, 0.3) is 0 Å². The highest BCUT2D eigenvalue weighted by molar-refractivity contribution is 7.12. The number of para-hydroxylation sites is 1. The van der Waals surface area contributed by atoms with Crippen LogP contribution in [0, 0.1) is 5.92 Å². The summed E-state index contributed by atoms with van der Waals surface area (Å²) in [7, 11) is 0. The number of rotatable bonds is 2. The molecule has 3 heterocycles. The predicted molar refractivity (Wildman–Crippen MR) is 85.7 cm³/mol. The maximum atomic E-state index is 6.20. The molecule has 0 radical (unpaired) electrons. The minimum absolute atomic E-state index is 0.0161. The van der Waals surface area contributed by atoms with Crippen LogP contribution in [0.15, 0.2) is 46.9 Å². The molecule has 0 saturated heterocycles. The summed E-state index contributed by atoms with van der Waals surface area (Å²) >= 11 is 1.76. The first-order valence-corrected chi connectivity index (χ1v) is 8.27. The summed E-state index contributed by atoms with van der Waals surface area (Å²) in [5.41, 5.74) is 2.44. The number of benzene rings is 1. The van der Waals surface area contributed by atoms with Crippen LogP contribution in [0.2, 0.25) is 0 Å². The molecule has 2 atom stereocenters. The van der Waals surface area contributed by atoms with E-state index in [1.807, 2.05) is 6.07 Å². The molecule has 2 aliphatic rings. The molecular weight excluding hydrogens is 280 g/mol. The summed E-state index contributed by atoms with van der Waals surface area (Å²) < 4.78 is 6.20. The Balaban J connectivity index is 1.76. The number of thiophene rings is 1. The molecule has 3 nitrogen and oxygen atoms in total. The molecular formula is C17H18N2OS. The van der Waals surface area contributed by atoms with Gasteiger partial charge in [0, 0.05) is 17.9 Å². The highest BCUT2D eigenvalue weighted by Crippen LogP contribution is 2.44. The van der Waals surface area contributed by atoms with Gasteiger partial charge in [0.15, 0.2) is 6.23 Å². The summed E-state index contributed by atoms with van der Waals surface area (Å²) in [5.74, 6) is 1.41. The van der Waals surface area contributed by atoms with Gasteiger partial charge < -0.3 is 4.74 Å². The Morgan fingerprint density at radius 2 is 2.10 bits per heavy atom. The van der Waals surface area contributed by atoms with E-state index in [1.54, 1.807) is 11.3 Å². The predicted octanol–water partition coefficient (Wildman–Crippen LogP) is 4.27. The molecule has 1 aromatic heterocycles. The SMILES string of the molecule is CC(C)C1Oc2ccccc2C2CC(c3cccs3)=NN21. The molecule has 21 heavy (non-hydrogen) atoms. The molecule has 108 valence electrons. The van der Waals surface area contributed by atoms with Gasteiger partial charge >= 0.3 is 0 Å². The number of ether oxygens (including phenoxy) is 1. The molecule has 2 aliphatic heterocycles. The van der Waals surface area contributed by atoms with Crippen molar-refractivity contribution >= 4 is 17.0 Å². The molecule has 0 aliphatic carbocycles. The zero-order valence-corrected chi connectivity index (χ0v) is 13.0. The minimum Gasteiger partial charge on any atom is -0.468 e. The molecule has 4 heteroatoms. The fourth-order valence-corrected chi connectivity index (χ4v) is 3.82. The van der Waals surface area contributed by atoms with Crippen molar-refractivity contribution in [2.75, 3.05) is 0 Å². The van der Waals surface area contributed by atoms with Crippen LogP contribution in [0.3, 0.4) is 0 Å². The lowest BCUT2D eigenvalue weighted by Crippen LogP contribution is -2.43. The molecule has 0 N–H and O–H groups in total. The normalized spacial score (nSPS) is 23.6. The van der Waals surface area contributed by atoms with Gasteiger partial charge in [-0.05, 0) is 17.5 Å². The fourth-order valence-electron chi connectivity index (χ4n) is 3.09. The second-order valence-electron chi connectivity index (χ2n) is 5.91. The van der Waals surface area contributed by atoms with E-state index in [0.717, 1.165) is 12.2 Å². The van der Waals surface area contributed by atoms with E-state index in [9.17, 15) is 0 Å². The molecule has 4 rings (SSSR count). The van der Waals surface area contributed by atoms with Crippen LogP contribution in [0.25, 0.3) is 0 Å². The van der Waals surface area contributed by atoms with E-state index in [1.165, 1.54) is 16.2 Å². The van der Waals surface area contributed by atoms with Crippen LogP contribution in [-0.4, -0.2) is 16.9 Å². The maximum Gasteiger partial charge on any atom is 0.190 e. The third-order valence-corrected chi connectivity index (χ3v) is 5.02. The molecule has 2 unspecified atom stereocenters. The van der Waals surface area contributed by atoms with Crippen molar-refractivity contribution in [3.05, 3.63) is 52.2 Å². The Morgan fingerprint density at radius 3 is 2.86 bits per heavy atom. The highest BCUT2D eigenvalue weighted by atomic mass is 32.1. The van der Waals surface area contributed by atoms with Gasteiger partial charge in [0.2, 0.25) is 0 Å². The lowest BCUT2D eigenvalue weighted by Gasteiger charge is -2.39. The number of hydrogen-bond acceptors (Lipinski definition) is 4. The third-order valence-electron chi connectivity index (χ3n) is 4.10. The Hall–Kier alpha value is -1.81. The zero-order valence-electron chi connectivity index (χ0n) is 12.2. The standard InChI is InChI=1S/C17H18N2OS/c1-11(2)17-19-14(12-6-3-4-7-15(12)20-17)10-13(18-19)16-8-5-9-21-16/h3-9,11,14,17H,10H2,1-2H3. The molecule has 1 aromatic carbocycles. The van der Waals surface area contributed by atoms with E-state index in [4.69, 9.17) is 9.84 Å². The Morgan fingerprint density at radius 1 is 1.24 bits per heavy atom. The van der Waals surface area contributed by atoms with Gasteiger partial charge in [-0.1, -0.05) is 38.1 Å². The van der Waals surface area contributed by atoms with E-state index < -0.39 is 0 Å². The lowest BCUT2D eigenvalue weighted by molar-refractivity contribution is -0.0461. The van der Waals surface area contributed by atoms with Crippen LogP contribution in [-0.2, 0) is 0 Å². The molecule has 2 aromatic rings. The largest absolute Gasteiger partial charge is 0.468 e. The van der Waals surface area contributed by atoms with Gasteiger partial charge in [-0.15, -0.1) is 11.3 Å². The monoisotopic (exact) mass is 298 g/mol. The summed E-state index contributed by atoms with van der Waals surface area (Å²) in [5, 5.41) is 9.17.